The zero-order valence-corrected chi connectivity index (χ0v) is 29.1. The van der Waals surface area contributed by atoms with Crippen LogP contribution < -0.4 is 11.1 Å². The quantitative estimate of drug-likeness (QED) is 0.0410. The van der Waals surface area contributed by atoms with Crippen LogP contribution in [-0.2, 0) is 14.3 Å². The maximum atomic E-state index is 12.7. The molecular weight excluding hydrogens is 552 g/mol. The fourth-order valence-corrected chi connectivity index (χ4v) is 5.92. The molecule has 0 aromatic rings. The van der Waals surface area contributed by atoms with Crippen molar-refractivity contribution < 1.29 is 24.5 Å². The molecule has 0 fully saturated rings. The highest BCUT2D eigenvalue weighted by atomic mass is 16.6. The molecule has 0 saturated carbocycles. The predicted octanol–water partition coefficient (Wildman–Crippen LogP) is 9.57. The summed E-state index contributed by atoms with van der Waals surface area (Å²) in [5.74, 6) is -1.38. The minimum absolute atomic E-state index is 0.0693. The van der Waals surface area contributed by atoms with E-state index in [-0.39, 0.29) is 12.3 Å². The molecule has 3 unspecified atom stereocenters. The summed E-state index contributed by atoms with van der Waals surface area (Å²) in [7, 11) is 0. The molecular formula is C37H74N2O5. The summed E-state index contributed by atoms with van der Waals surface area (Å²) in [6.45, 7) is 4.90. The Bertz CT molecular complexity index is 633. The first kappa shape index (κ1) is 42.8. The topological polar surface area (TPSA) is 122 Å². The van der Waals surface area contributed by atoms with Gasteiger partial charge in [-0.05, 0) is 38.6 Å². The number of unbranched alkanes of at least 4 members (excludes halogenated alkanes) is 22. The number of hydrogen-bond donors (Lipinski definition) is 4. The molecule has 0 aliphatic rings. The Labute approximate surface area is 272 Å². The van der Waals surface area contributed by atoms with Gasteiger partial charge in [0, 0.05) is 0 Å². The van der Waals surface area contributed by atoms with Crippen molar-refractivity contribution in [1.29, 1.82) is 0 Å². The molecule has 262 valence electrons. The van der Waals surface area contributed by atoms with Crippen LogP contribution in [0.3, 0.4) is 0 Å². The van der Waals surface area contributed by atoms with Crippen LogP contribution in [0.2, 0.25) is 0 Å². The molecule has 7 nitrogen and oxygen atoms in total. The first-order valence-electron chi connectivity index (χ1n) is 19.0. The number of carboxylic acid groups (broad SMARTS) is 1. The second-order valence-electron chi connectivity index (χ2n) is 13.2. The number of aliphatic hydroxyl groups is 1. The van der Waals surface area contributed by atoms with E-state index in [4.69, 9.17) is 10.5 Å². The van der Waals surface area contributed by atoms with E-state index in [1.807, 2.05) is 0 Å². The van der Waals surface area contributed by atoms with E-state index in [1.54, 1.807) is 0 Å². The second kappa shape index (κ2) is 33.2. The molecule has 0 radical (unpaired) electrons. The molecule has 0 heterocycles. The molecule has 7 heteroatoms. The van der Waals surface area contributed by atoms with Crippen molar-refractivity contribution in [1.82, 2.24) is 5.32 Å². The Kier molecular flexibility index (Phi) is 32.3. The van der Waals surface area contributed by atoms with E-state index in [9.17, 15) is 19.8 Å². The SMILES string of the molecule is CCCCCCCCCCCCCCCC(O)OC(CCCCCCCCCCCCC)CC(=O)NC(CCCN)C(=O)O. The Morgan fingerprint density at radius 3 is 1.36 bits per heavy atom. The van der Waals surface area contributed by atoms with Crippen LogP contribution in [0.1, 0.15) is 200 Å². The largest absolute Gasteiger partial charge is 0.480 e. The normalized spacial score (nSPS) is 13.5. The summed E-state index contributed by atoms with van der Waals surface area (Å²) >= 11 is 0. The predicted molar refractivity (Wildman–Crippen MR) is 185 cm³/mol. The first-order valence-corrected chi connectivity index (χ1v) is 19.0. The Balaban J connectivity index is 4.34. The number of hydrogen-bond acceptors (Lipinski definition) is 5. The Morgan fingerprint density at radius 1 is 0.591 bits per heavy atom. The van der Waals surface area contributed by atoms with Crippen molar-refractivity contribution in [2.45, 2.75) is 218 Å². The van der Waals surface area contributed by atoms with E-state index in [1.165, 1.54) is 128 Å². The lowest BCUT2D eigenvalue weighted by Gasteiger charge is -2.23. The number of carbonyl (C=O) groups is 2. The van der Waals surface area contributed by atoms with Crippen molar-refractivity contribution in [2.75, 3.05) is 6.54 Å². The number of aliphatic hydroxyl groups excluding tert-OH is 1. The molecule has 0 saturated heterocycles. The van der Waals surface area contributed by atoms with E-state index >= 15 is 0 Å². The van der Waals surface area contributed by atoms with Gasteiger partial charge in [-0.1, -0.05) is 162 Å². The number of rotatable bonds is 35. The standard InChI is InChI=1S/C37H74N2O5/c1-3-5-7-9-11-13-15-16-18-20-22-24-26-30-36(41)44-33(32-35(40)39-34(37(42)43)29-27-31-38)28-25-23-21-19-17-14-12-10-8-6-4-2/h33-34,36,41H,3-32,38H2,1-2H3,(H,39,40)(H,42,43). The number of carbonyl (C=O) groups excluding carboxylic acids is 1. The lowest BCUT2D eigenvalue weighted by atomic mass is 10.0. The van der Waals surface area contributed by atoms with E-state index in [2.05, 4.69) is 19.2 Å². The lowest BCUT2D eigenvalue weighted by molar-refractivity contribution is -0.153. The molecule has 44 heavy (non-hydrogen) atoms. The molecule has 0 aromatic carbocycles. The average molecular weight is 627 g/mol. The highest BCUT2D eigenvalue weighted by Crippen LogP contribution is 2.18. The molecule has 0 spiro atoms. The van der Waals surface area contributed by atoms with Crippen LogP contribution in [0, 0.1) is 0 Å². The number of amides is 1. The molecule has 0 rings (SSSR count). The molecule has 0 aliphatic carbocycles. The first-order chi connectivity index (χ1) is 21.4. The summed E-state index contributed by atoms with van der Waals surface area (Å²) in [6, 6.07) is -0.940. The highest BCUT2D eigenvalue weighted by Gasteiger charge is 2.23. The van der Waals surface area contributed by atoms with Crippen LogP contribution in [0.5, 0.6) is 0 Å². The fourth-order valence-electron chi connectivity index (χ4n) is 5.92. The Hall–Kier alpha value is -1.18. The van der Waals surface area contributed by atoms with Crippen molar-refractivity contribution in [3.63, 3.8) is 0 Å². The van der Waals surface area contributed by atoms with E-state index in [0.717, 1.165) is 25.7 Å². The van der Waals surface area contributed by atoms with Gasteiger partial charge in [0.1, 0.15) is 6.04 Å². The van der Waals surface area contributed by atoms with Gasteiger partial charge < -0.3 is 26.0 Å². The van der Waals surface area contributed by atoms with Gasteiger partial charge in [-0.15, -0.1) is 0 Å². The molecule has 5 N–H and O–H groups in total. The minimum atomic E-state index is -1.04. The lowest BCUT2D eigenvalue weighted by Crippen LogP contribution is -2.42. The second-order valence-corrected chi connectivity index (χ2v) is 13.2. The van der Waals surface area contributed by atoms with E-state index in [0.29, 0.717) is 32.2 Å². The smallest absolute Gasteiger partial charge is 0.326 e. The van der Waals surface area contributed by atoms with Crippen molar-refractivity contribution in [3.8, 4) is 0 Å². The summed E-state index contributed by atoms with van der Waals surface area (Å²) in [5.41, 5.74) is 5.53. The zero-order chi connectivity index (χ0) is 32.5. The third-order valence-electron chi connectivity index (χ3n) is 8.78. The van der Waals surface area contributed by atoms with Gasteiger partial charge in [0.25, 0.3) is 0 Å². The summed E-state index contributed by atoms with van der Waals surface area (Å²) < 4.78 is 5.97. The van der Waals surface area contributed by atoms with Crippen molar-refractivity contribution in [2.24, 2.45) is 5.73 Å². The average Bonchev–Trinajstić information content (AvgIpc) is 3.00. The fraction of sp³-hybridized carbons (Fsp3) is 0.946. The van der Waals surface area contributed by atoms with Gasteiger partial charge in [-0.3, -0.25) is 4.79 Å². The third kappa shape index (κ3) is 29.5. The zero-order valence-electron chi connectivity index (χ0n) is 29.1. The monoisotopic (exact) mass is 627 g/mol. The van der Waals surface area contributed by atoms with Gasteiger partial charge in [-0.25, -0.2) is 4.79 Å². The van der Waals surface area contributed by atoms with Crippen LogP contribution in [0.25, 0.3) is 0 Å². The Morgan fingerprint density at radius 2 is 0.977 bits per heavy atom. The molecule has 0 aromatic heterocycles. The number of nitrogens with one attached hydrogen (secondary N) is 1. The van der Waals surface area contributed by atoms with Gasteiger partial charge in [-0.2, -0.15) is 0 Å². The summed E-state index contributed by atoms with van der Waals surface area (Å²) in [4.78, 5) is 24.3. The number of carboxylic acids is 1. The minimum Gasteiger partial charge on any atom is -0.480 e. The van der Waals surface area contributed by atoms with Gasteiger partial charge in [0.05, 0.1) is 12.5 Å². The van der Waals surface area contributed by atoms with Gasteiger partial charge in [0.15, 0.2) is 6.29 Å². The maximum absolute atomic E-state index is 12.7. The van der Waals surface area contributed by atoms with Crippen molar-refractivity contribution in [3.05, 3.63) is 0 Å². The molecule has 1 amide bonds. The summed E-state index contributed by atoms with van der Waals surface area (Å²) in [6.07, 6.45) is 31.2. The maximum Gasteiger partial charge on any atom is 0.326 e. The van der Waals surface area contributed by atoms with Crippen LogP contribution in [0.15, 0.2) is 0 Å². The summed E-state index contributed by atoms with van der Waals surface area (Å²) in [5, 5.41) is 22.7. The van der Waals surface area contributed by atoms with Crippen molar-refractivity contribution >= 4 is 11.9 Å². The number of nitrogens with two attached hydrogens (primary N) is 1. The number of aliphatic carboxylic acids is 1. The van der Waals surface area contributed by atoms with Gasteiger partial charge in [0.2, 0.25) is 5.91 Å². The van der Waals surface area contributed by atoms with Crippen LogP contribution >= 0.6 is 0 Å². The number of ether oxygens (including phenoxy) is 1. The van der Waals surface area contributed by atoms with Crippen LogP contribution in [0.4, 0.5) is 0 Å². The third-order valence-corrected chi connectivity index (χ3v) is 8.78. The van der Waals surface area contributed by atoms with Gasteiger partial charge >= 0.3 is 5.97 Å². The van der Waals surface area contributed by atoms with Crippen LogP contribution in [-0.4, -0.2) is 47.1 Å². The molecule has 3 atom stereocenters. The van der Waals surface area contributed by atoms with E-state index < -0.39 is 24.4 Å². The highest BCUT2D eigenvalue weighted by molar-refractivity contribution is 5.83. The molecule has 0 aliphatic heterocycles. The molecule has 0 bridgehead atoms.